The van der Waals surface area contributed by atoms with Crippen LogP contribution in [0.3, 0.4) is 0 Å². The molecule has 0 aromatic heterocycles. The summed E-state index contributed by atoms with van der Waals surface area (Å²) in [7, 11) is 0. The maximum atomic E-state index is 12.4. The monoisotopic (exact) mass is 247 g/mol. The molecule has 1 aromatic carbocycles. The lowest BCUT2D eigenvalue weighted by Gasteiger charge is -2.26. The van der Waals surface area contributed by atoms with E-state index in [0.29, 0.717) is 11.3 Å². The average Bonchev–Trinajstić information content (AvgIpc) is 2.24. The van der Waals surface area contributed by atoms with Crippen molar-refractivity contribution < 1.29 is 18.3 Å². The van der Waals surface area contributed by atoms with Crippen LogP contribution in [0.1, 0.15) is 18.1 Å². The molecule has 1 rings (SSSR count). The number of benzene rings is 1. The van der Waals surface area contributed by atoms with Gasteiger partial charge in [-0.1, -0.05) is 17.7 Å². The van der Waals surface area contributed by atoms with E-state index in [9.17, 15) is 18.3 Å². The molecule has 1 aromatic rings. The first kappa shape index (κ1) is 13.8. The molecular formula is C12H16F3NO. The third kappa shape index (κ3) is 3.93. The average molecular weight is 247 g/mol. The van der Waals surface area contributed by atoms with Gasteiger partial charge in [0.05, 0.1) is 6.61 Å². The molecule has 0 aliphatic heterocycles. The zero-order chi connectivity index (χ0) is 13.1. The molecule has 0 aliphatic carbocycles. The van der Waals surface area contributed by atoms with Gasteiger partial charge in [0.2, 0.25) is 0 Å². The van der Waals surface area contributed by atoms with Crippen molar-refractivity contribution in [1.82, 2.24) is 0 Å². The van der Waals surface area contributed by atoms with Crippen molar-refractivity contribution in [3.63, 3.8) is 0 Å². The molecule has 17 heavy (non-hydrogen) atoms. The predicted molar refractivity (Wildman–Crippen MR) is 61.0 cm³/mol. The van der Waals surface area contributed by atoms with Gasteiger partial charge in [0, 0.05) is 17.8 Å². The highest BCUT2D eigenvalue weighted by Gasteiger charge is 2.30. The quantitative estimate of drug-likeness (QED) is 0.884. The number of anilines is 1. The lowest BCUT2D eigenvalue weighted by atomic mass is 10.1. The zero-order valence-electron chi connectivity index (χ0n) is 9.88. The Kier molecular flexibility index (Phi) is 4.40. The second-order valence-electron chi connectivity index (χ2n) is 3.92. The number of halogens is 3. The molecule has 0 fully saturated rings. The van der Waals surface area contributed by atoms with E-state index in [0.717, 1.165) is 5.56 Å². The molecule has 0 aliphatic rings. The molecule has 5 heteroatoms. The van der Waals surface area contributed by atoms with Crippen LogP contribution in [0.2, 0.25) is 0 Å². The summed E-state index contributed by atoms with van der Waals surface area (Å²) in [6.45, 7) is 2.48. The lowest BCUT2D eigenvalue weighted by molar-refractivity contribution is -0.119. The highest BCUT2D eigenvalue weighted by molar-refractivity contribution is 5.54. The molecular weight excluding hydrogens is 231 g/mol. The van der Waals surface area contributed by atoms with Gasteiger partial charge in [-0.3, -0.25) is 0 Å². The summed E-state index contributed by atoms with van der Waals surface area (Å²) < 4.78 is 37.2. The van der Waals surface area contributed by atoms with Crippen LogP contribution in [0.15, 0.2) is 18.2 Å². The van der Waals surface area contributed by atoms with Crippen LogP contribution in [-0.2, 0) is 6.61 Å². The van der Waals surface area contributed by atoms with Crippen molar-refractivity contribution in [3.8, 4) is 0 Å². The molecule has 0 amide bonds. The Hall–Kier alpha value is -1.23. The number of hydrogen-bond donors (Lipinski definition) is 1. The largest absolute Gasteiger partial charge is 0.405 e. The molecule has 0 atom stereocenters. The normalized spacial score (nSPS) is 11.6. The van der Waals surface area contributed by atoms with Gasteiger partial charge in [-0.15, -0.1) is 0 Å². The fourth-order valence-corrected chi connectivity index (χ4v) is 1.73. The molecule has 0 radical (unpaired) electrons. The van der Waals surface area contributed by atoms with Gasteiger partial charge in [-0.05, 0) is 19.9 Å². The minimum Gasteiger partial charge on any atom is -0.392 e. The molecule has 0 spiro atoms. The highest BCUT2D eigenvalue weighted by Crippen LogP contribution is 2.26. The van der Waals surface area contributed by atoms with Crippen LogP contribution in [0, 0.1) is 6.92 Å². The third-order valence-electron chi connectivity index (χ3n) is 2.50. The topological polar surface area (TPSA) is 23.5 Å². The predicted octanol–water partition coefficient (Wildman–Crippen LogP) is 2.88. The van der Waals surface area contributed by atoms with Gasteiger partial charge < -0.3 is 10.0 Å². The summed E-state index contributed by atoms with van der Waals surface area (Å²) in [5.74, 6) is 0. The summed E-state index contributed by atoms with van der Waals surface area (Å²) >= 11 is 0. The minimum absolute atomic E-state index is 0.246. The fraction of sp³-hybridized carbons (Fsp3) is 0.500. The Labute approximate surface area is 98.7 Å². The number of nitrogens with zero attached hydrogens (tertiary/aromatic N) is 1. The molecule has 0 heterocycles. The van der Waals surface area contributed by atoms with Crippen LogP contribution < -0.4 is 4.90 Å². The summed E-state index contributed by atoms with van der Waals surface area (Å²) in [5.41, 5.74) is 1.88. The van der Waals surface area contributed by atoms with E-state index in [1.54, 1.807) is 25.1 Å². The number of hydrogen-bond acceptors (Lipinski definition) is 2. The Morgan fingerprint density at radius 2 is 1.94 bits per heavy atom. The number of aliphatic hydroxyl groups excluding tert-OH is 1. The van der Waals surface area contributed by atoms with Crippen molar-refractivity contribution in [2.24, 2.45) is 0 Å². The first-order valence-electron chi connectivity index (χ1n) is 5.39. The van der Waals surface area contributed by atoms with E-state index in [1.165, 1.54) is 4.90 Å². The second kappa shape index (κ2) is 5.40. The number of rotatable bonds is 4. The molecule has 0 unspecified atom stereocenters. The van der Waals surface area contributed by atoms with Crippen molar-refractivity contribution in [2.75, 3.05) is 18.0 Å². The Morgan fingerprint density at radius 1 is 1.29 bits per heavy atom. The SMILES string of the molecule is CCN(CC(F)(F)F)c1ccc(C)cc1CO. The van der Waals surface area contributed by atoms with Crippen molar-refractivity contribution in [3.05, 3.63) is 29.3 Å². The van der Waals surface area contributed by atoms with Crippen LogP contribution in [-0.4, -0.2) is 24.4 Å². The van der Waals surface area contributed by atoms with Crippen LogP contribution in [0.4, 0.5) is 18.9 Å². The van der Waals surface area contributed by atoms with E-state index >= 15 is 0 Å². The van der Waals surface area contributed by atoms with E-state index < -0.39 is 12.7 Å². The molecule has 0 saturated heterocycles. The molecule has 0 bridgehead atoms. The van der Waals surface area contributed by atoms with Gasteiger partial charge in [0.25, 0.3) is 0 Å². The van der Waals surface area contributed by atoms with Crippen LogP contribution in [0.25, 0.3) is 0 Å². The van der Waals surface area contributed by atoms with E-state index in [-0.39, 0.29) is 13.2 Å². The Morgan fingerprint density at radius 3 is 2.41 bits per heavy atom. The number of alkyl halides is 3. The Bertz CT molecular complexity index is 377. The smallest absolute Gasteiger partial charge is 0.392 e. The minimum atomic E-state index is -4.24. The maximum absolute atomic E-state index is 12.4. The zero-order valence-corrected chi connectivity index (χ0v) is 9.88. The summed E-state index contributed by atoms with van der Waals surface area (Å²) in [5, 5.41) is 9.18. The number of aliphatic hydroxyl groups is 1. The maximum Gasteiger partial charge on any atom is 0.405 e. The van der Waals surface area contributed by atoms with Crippen molar-refractivity contribution in [1.29, 1.82) is 0 Å². The van der Waals surface area contributed by atoms with Crippen LogP contribution >= 0.6 is 0 Å². The van der Waals surface area contributed by atoms with E-state index in [2.05, 4.69) is 0 Å². The lowest BCUT2D eigenvalue weighted by Crippen LogP contribution is -2.34. The fourth-order valence-electron chi connectivity index (χ4n) is 1.73. The van der Waals surface area contributed by atoms with E-state index in [1.807, 2.05) is 6.92 Å². The summed E-state index contributed by atoms with van der Waals surface area (Å²) in [4.78, 5) is 1.21. The van der Waals surface area contributed by atoms with Gasteiger partial charge in [0.1, 0.15) is 6.54 Å². The second-order valence-corrected chi connectivity index (χ2v) is 3.92. The van der Waals surface area contributed by atoms with Crippen LogP contribution in [0.5, 0.6) is 0 Å². The van der Waals surface area contributed by atoms with Gasteiger partial charge in [-0.25, -0.2) is 0 Å². The first-order chi connectivity index (χ1) is 7.87. The molecule has 96 valence electrons. The Balaban J connectivity index is 3.03. The number of aryl methyl sites for hydroxylation is 1. The molecule has 1 N–H and O–H groups in total. The van der Waals surface area contributed by atoms with Crippen molar-refractivity contribution in [2.45, 2.75) is 26.6 Å². The first-order valence-corrected chi connectivity index (χ1v) is 5.39. The summed E-state index contributed by atoms with van der Waals surface area (Å²) in [6, 6.07) is 5.07. The molecule has 2 nitrogen and oxygen atoms in total. The van der Waals surface area contributed by atoms with Gasteiger partial charge >= 0.3 is 6.18 Å². The summed E-state index contributed by atoms with van der Waals surface area (Å²) in [6.07, 6.45) is -4.24. The van der Waals surface area contributed by atoms with Gasteiger partial charge in [-0.2, -0.15) is 13.2 Å². The third-order valence-corrected chi connectivity index (χ3v) is 2.50. The molecule has 0 saturated carbocycles. The van der Waals surface area contributed by atoms with Crippen molar-refractivity contribution >= 4 is 5.69 Å². The highest BCUT2D eigenvalue weighted by atomic mass is 19.4. The van der Waals surface area contributed by atoms with E-state index in [4.69, 9.17) is 0 Å². The standard InChI is InChI=1S/C12H16F3NO/c1-3-16(8-12(13,14)15)11-5-4-9(2)6-10(11)7-17/h4-6,17H,3,7-8H2,1-2H3. The van der Waals surface area contributed by atoms with Gasteiger partial charge in [0.15, 0.2) is 0 Å².